The summed E-state index contributed by atoms with van der Waals surface area (Å²) in [4.78, 5) is 0. The number of ether oxygens (including phenoxy) is 1. The van der Waals surface area contributed by atoms with Gasteiger partial charge in [0, 0.05) is 3.57 Å². The second kappa shape index (κ2) is 5.69. The highest BCUT2D eigenvalue weighted by atomic mass is 127. The average Bonchev–Trinajstić information content (AvgIpc) is 2.38. The van der Waals surface area contributed by atoms with Crippen LogP contribution >= 0.6 is 22.6 Å². The van der Waals surface area contributed by atoms with Crippen molar-refractivity contribution in [3.05, 3.63) is 63.2 Å². The summed E-state index contributed by atoms with van der Waals surface area (Å²) in [6.45, 7) is 0.482. The third-order valence-electron chi connectivity index (χ3n) is 2.30. The van der Waals surface area contributed by atoms with Crippen molar-refractivity contribution >= 4 is 22.6 Å². The van der Waals surface area contributed by atoms with Crippen LogP contribution < -0.4 is 4.74 Å². The van der Waals surface area contributed by atoms with E-state index in [9.17, 15) is 0 Å². The molecule has 0 unspecified atom stereocenters. The SMILES string of the molecule is N#Cc1ccc(I)cc1OCc1ccccc1. The van der Waals surface area contributed by atoms with Crippen LogP contribution in [0.25, 0.3) is 0 Å². The molecule has 0 saturated carbocycles. The van der Waals surface area contributed by atoms with Gasteiger partial charge in [-0.25, -0.2) is 0 Å². The van der Waals surface area contributed by atoms with Gasteiger partial charge in [0.2, 0.25) is 0 Å². The van der Waals surface area contributed by atoms with Crippen LogP contribution in [0, 0.1) is 14.9 Å². The van der Waals surface area contributed by atoms with Crippen LogP contribution in [-0.2, 0) is 6.61 Å². The Bertz CT molecular complexity index is 546. The normalized spacial score (nSPS) is 9.65. The van der Waals surface area contributed by atoms with Crippen molar-refractivity contribution in [3.8, 4) is 11.8 Å². The molecule has 2 rings (SSSR count). The minimum Gasteiger partial charge on any atom is -0.487 e. The van der Waals surface area contributed by atoms with Crippen LogP contribution in [0.1, 0.15) is 11.1 Å². The van der Waals surface area contributed by atoms with E-state index in [1.54, 1.807) is 6.07 Å². The third kappa shape index (κ3) is 3.21. The number of nitriles is 1. The first-order chi connectivity index (χ1) is 8.29. The van der Waals surface area contributed by atoms with E-state index in [4.69, 9.17) is 10.00 Å². The molecule has 0 aliphatic rings. The number of hydrogen-bond acceptors (Lipinski definition) is 2. The van der Waals surface area contributed by atoms with Gasteiger partial charge in [0.25, 0.3) is 0 Å². The molecule has 2 aromatic rings. The largest absolute Gasteiger partial charge is 0.487 e. The zero-order chi connectivity index (χ0) is 12.1. The Morgan fingerprint density at radius 3 is 2.59 bits per heavy atom. The van der Waals surface area contributed by atoms with Crippen molar-refractivity contribution in [2.45, 2.75) is 6.61 Å². The van der Waals surface area contributed by atoms with Crippen molar-refractivity contribution in [2.75, 3.05) is 0 Å². The molecule has 0 radical (unpaired) electrons. The van der Waals surface area contributed by atoms with Gasteiger partial charge in [-0.05, 0) is 46.4 Å². The summed E-state index contributed by atoms with van der Waals surface area (Å²) in [7, 11) is 0. The Morgan fingerprint density at radius 2 is 1.88 bits per heavy atom. The van der Waals surface area contributed by atoms with Gasteiger partial charge in [-0.3, -0.25) is 0 Å². The first-order valence-corrected chi connectivity index (χ1v) is 6.24. The van der Waals surface area contributed by atoms with Gasteiger partial charge in [0.1, 0.15) is 18.4 Å². The molecular formula is C14H10INO. The van der Waals surface area contributed by atoms with E-state index in [0.29, 0.717) is 17.9 Å². The minimum absolute atomic E-state index is 0.482. The van der Waals surface area contributed by atoms with Gasteiger partial charge < -0.3 is 4.74 Å². The predicted octanol–water partition coefficient (Wildman–Crippen LogP) is 3.74. The molecular weight excluding hydrogens is 325 g/mol. The van der Waals surface area contributed by atoms with Gasteiger partial charge in [0.15, 0.2) is 0 Å². The summed E-state index contributed by atoms with van der Waals surface area (Å²) < 4.78 is 6.73. The quantitative estimate of drug-likeness (QED) is 0.801. The Balaban J connectivity index is 2.14. The Morgan fingerprint density at radius 1 is 1.12 bits per heavy atom. The van der Waals surface area contributed by atoms with Crippen molar-refractivity contribution < 1.29 is 4.74 Å². The lowest BCUT2D eigenvalue weighted by molar-refractivity contribution is 0.305. The van der Waals surface area contributed by atoms with Gasteiger partial charge in [-0.15, -0.1) is 0 Å². The smallest absolute Gasteiger partial charge is 0.138 e. The molecule has 0 aliphatic heterocycles. The standard InChI is InChI=1S/C14H10INO/c15-13-7-6-12(9-16)14(8-13)17-10-11-4-2-1-3-5-11/h1-8H,10H2. The molecule has 17 heavy (non-hydrogen) atoms. The van der Waals surface area contributed by atoms with Crippen LogP contribution in [0.3, 0.4) is 0 Å². The number of hydrogen-bond donors (Lipinski definition) is 0. The maximum absolute atomic E-state index is 8.97. The predicted molar refractivity (Wildman–Crippen MR) is 74.6 cm³/mol. The van der Waals surface area contributed by atoms with Crippen molar-refractivity contribution in [1.29, 1.82) is 5.26 Å². The second-order valence-electron chi connectivity index (χ2n) is 3.53. The summed E-state index contributed by atoms with van der Waals surface area (Å²) in [5.74, 6) is 0.642. The molecule has 2 nitrogen and oxygen atoms in total. The molecule has 0 amide bonds. The van der Waals surface area contributed by atoms with Crippen LogP contribution in [0.4, 0.5) is 0 Å². The summed E-state index contributed by atoms with van der Waals surface area (Å²) in [6, 6.07) is 17.6. The molecule has 84 valence electrons. The number of halogens is 1. The lowest BCUT2D eigenvalue weighted by Gasteiger charge is -2.08. The number of benzene rings is 2. The summed E-state index contributed by atoms with van der Waals surface area (Å²) in [5.41, 5.74) is 1.66. The van der Waals surface area contributed by atoms with E-state index in [1.807, 2.05) is 42.5 Å². The van der Waals surface area contributed by atoms with Crippen LogP contribution in [0.2, 0.25) is 0 Å². The van der Waals surface area contributed by atoms with E-state index in [0.717, 1.165) is 9.13 Å². The van der Waals surface area contributed by atoms with Gasteiger partial charge >= 0.3 is 0 Å². The van der Waals surface area contributed by atoms with Crippen LogP contribution in [-0.4, -0.2) is 0 Å². The van der Waals surface area contributed by atoms with Gasteiger partial charge in [-0.2, -0.15) is 5.26 Å². The first kappa shape index (κ1) is 11.9. The van der Waals surface area contributed by atoms with Crippen LogP contribution in [0.5, 0.6) is 5.75 Å². The zero-order valence-electron chi connectivity index (χ0n) is 9.06. The molecule has 0 aliphatic carbocycles. The number of nitrogens with zero attached hydrogens (tertiary/aromatic N) is 1. The Hall–Kier alpha value is -1.54. The monoisotopic (exact) mass is 335 g/mol. The van der Waals surface area contributed by atoms with E-state index >= 15 is 0 Å². The van der Waals surface area contributed by atoms with Gasteiger partial charge in [-0.1, -0.05) is 30.3 Å². The zero-order valence-corrected chi connectivity index (χ0v) is 11.2. The molecule has 0 fully saturated rings. The van der Waals surface area contributed by atoms with E-state index < -0.39 is 0 Å². The van der Waals surface area contributed by atoms with E-state index in [1.165, 1.54) is 0 Å². The van der Waals surface area contributed by atoms with Gasteiger partial charge in [0.05, 0.1) is 5.56 Å². The molecule has 0 aromatic heterocycles. The lowest BCUT2D eigenvalue weighted by atomic mass is 10.2. The van der Waals surface area contributed by atoms with Crippen molar-refractivity contribution in [1.82, 2.24) is 0 Å². The topological polar surface area (TPSA) is 33.0 Å². The van der Waals surface area contributed by atoms with E-state index in [-0.39, 0.29) is 0 Å². The Labute approximate surface area is 114 Å². The van der Waals surface area contributed by atoms with Crippen molar-refractivity contribution in [2.24, 2.45) is 0 Å². The highest BCUT2D eigenvalue weighted by Gasteiger charge is 2.04. The molecule has 0 N–H and O–H groups in total. The third-order valence-corrected chi connectivity index (χ3v) is 2.97. The lowest BCUT2D eigenvalue weighted by Crippen LogP contribution is -1.97. The molecule has 3 heteroatoms. The number of rotatable bonds is 3. The summed E-state index contributed by atoms with van der Waals surface area (Å²) >= 11 is 2.20. The molecule has 0 bridgehead atoms. The average molecular weight is 335 g/mol. The molecule has 0 heterocycles. The van der Waals surface area contributed by atoms with Crippen LogP contribution in [0.15, 0.2) is 48.5 Å². The summed E-state index contributed by atoms with van der Waals surface area (Å²) in [6.07, 6.45) is 0. The second-order valence-corrected chi connectivity index (χ2v) is 4.77. The fraction of sp³-hybridized carbons (Fsp3) is 0.0714. The van der Waals surface area contributed by atoms with E-state index in [2.05, 4.69) is 28.7 Å². The maximum atomic E-state index is 8.97. The Kier molecular flexibility index (Phi) is 3.99. The fourth-order valence-corrected chi connectivity index (χ4v) is 1.91. The first-order valence-electron chi connectivity index (χ1n) is 5.16. The molecule has 2 aromatic carbocycles. The molecule has 0 spiro atoms. The summed E-state index contributed by atoms with van der Waals surface area (Å²) in [5, 5.41) is 8.97. The van der Waals surface area contributed by atoms with Crippen molar-refractivity contribution in [3.63, 3.8) is 0 Å². The maximum Gasteiger partial charge on any atom is 0.138 e. The highest BCUT2D eigenvalue weighted by molar-refractivity contribution is 14.1. The molecule has 0 atom stereocenters. The fourth-order valence-electron chi connectivity index (χ4n) is 1.44. The molecule has 0 saturated heterocycles. The highest BCUT2D eigenvalue weighted by Crippen LogP contribution is 2.21. The minimum atomic E-state index is 0.482.